The molecule has 2 amide bonds. The Labute approximate surface area is 355 Å². The molecule has 0 bridgehead atoms. The van der Waals surface area contributed by atoms with E-state index in [1.54, 1.807) is 60.7 Å². The van der Waals surface area contributed by atoms with Crippen LogP contribution in [0.3, 0.4) is 0 Å². The van der Waals surface area contributed by atoms with E-state index in [-0.39, 0.29) is 81.6 Å². The Kier molecular flexibility index (Phi) is 16.9. The second-order valence-electron chi connectivity index (χ2n) is 11.3. The van der Waals surface area contributed by atoms with Crippen LogP contribution in [0.5, 0.6) is 0 Å². The fraction of sp³-hybridized carbons (Fsp3) is 0.176. The standard InChI is InChI=1S/C34H32N6O10S2.2Na/c1-19-15-25(29(51(45,46)47)17-27(19)37-39-31(21(3)41)33(43)35-23-11-7-5-8-12-23)26-16-20(2)28(18-30(26)52(48,49)50)38-40-32(22(4)42)34(44)36-24-13-9-6-10-14-24;;/h5-18,31-32H,1-4H3,(H,35,43)(H,36,44)(H,45,46,47)(H,48,49,50);;/q;2*+1/p-2. The molecule has 4 aromatic rings. The summed E-state index contributed by atoms with van der Waals surface area (Å²) in [5, 5.41) is 20.3. The van der Waals surface area contributed by atoms with Gasteiger partial charge in [0, 0.05) is 22.5 Å². The number of nitrogens with one attached hydrogen (secondary N) is 2. The molecular weight excluding hydrogens is 763 g/mol. The van der Waals surface area contributed by atoms with Crippen molar-refractivity contribution in [2.45, 2.75) is 49.6 Å². The minimum absolute atomic E-state index is 0. The third kappa shape index (κ3) is 12.1. The van der Waals surface area contributed by atoms with Crippen molar-refractivity contribution in [2.24, 2.45) is 20.5 Å². The van der Waals surface area contributed by atoms with Crippen LogP contribution in [0.4, 0.5) is 22.7 Å². The van der Waals surface area contributed by atoms with E-state index in [9.17, 15) is 45.1 Å². The molecule has 0 fully saturated rings. The summed E-state index contributed by atoms with van der Waals surface area (Å²) >= 11 is 0. The Balaban J connectivity index is 0.00000504. The van der Waals surface area contributed by atoms with Gasteiger partial charge in [0.2, 0.25) is 12.1 Å². The molecule has 2 unspecified atom stereocenters. The van der Waals surface area contributed by atoms with Gasteiger partial charge in [0.15, 0.2) is 11.6 Å². The van der Waals surface area contributed by atoms with Gasteiger partial charge in [0.25, 0.3) is 11.8 Å². The minimum atomic E-state index is -5.40. The van der Waals surface area contributed by atoms with Crippen molar-refractivity contribution in [3.8, 4) is 11.1 Å². The number of nitrogens with zero attached hydrogens (tertiary/aromatic N) is 4. The zero-order valence-corrected chi connectivity index (χ0v) is 35.6. The molecule has 4 rings (SSSR count). The number of hydrogen-bond donors (Lipinski definition) is 2. The van der Waals surface area contributed by atoms with Crippen molar-refractivity contribution in [1.82, 2.24) is 0 Å². The number of para-hydroxylation sites is 2. The first-order valence-electron chi connectivity index (χ1n) is 15.1. The van der Waals surface area contributed by atoms with Crippen LogP contribution in [-0.4, -0.2) is 61.4 Å². The van der Waals surface area contributed by atoms with Gasteiger partial charge in [-0.2, -0.15) is 20.5 Å². The monoisotopic (exact) mass is 792 g/mol. The number of amides is 2. The zero-order chi connectivity index (χ0) is 38.4. The summed E-state index contributed by atoms with van der Waals surface area (Å²) in [4.78, 5) is 48.1. The molecule has 0 aliphatic carbocycles. The molecule has 4 aromatic carbocycles. The maximum absolute atomic E-state index is 12.8. The Hall–Kier alpha value is -3.82. The summed E-state index contributed by atoms with van der Waals surface area (Å²) < 4.78 is 75.1. The Bertz CT molecular complexity index is 2180. The van der Waals surface area contributed by atoms with Gasteiger partial charge in [-0.1, -0.05) is 36.4 Å². The third-order valence-corrected chi connectivity index (χ3v) is 9.09. The summed E-state index contributed by atoms with van der Waals surface area (Å²) in [5.74, 6) is -3.07. The Morgan fingerprint density at radius 1 is 0.574 bits per heavy atom. The summed E-state index contributed by atoms with van der Waals surface area (Å²) in [6.45, 7) is 4.98. The topological polar surface area (TPSA) is 256 Å². The van der Waals surface area contributed by atoms with E-state index in [0.29, 0.717) is 11.4 Å². The van der Waals surface area contributed by atoms with Gasteiger partial charge >= 0.3 is 59.1 Å². The van der Waals surface area contributed by atoms with Gasteiger partial charge in [0.1, 0.15) is 20.2 Å². The number of anilines is 2. The second-order valence-corrected chi connectivity index (χ2v) is 14.0. The minimum Gasteiger partial charge on any atom is -0.744 e. The van der Waals surface area contributed by atoms with Gasteiger partial charge in [-0.05, 0) is 87.4 Å². The van der Waals surface area contributed by atoms with Gasteiger partial charge in [0.05, 0.1) is 21.2 Å². The SMILES string of the molecule is CC(=O)C(N=Nc1cc(S(=O)(=O)[O-])c(-c2cc(C)c(N=NC(C(C)=O)C(=O)Nc3ccccc3)cc2S(=O)(=O)[O-])cc1C)C(=O)Nc1ccccc1.[Na+].[Na+]. The van der Waals surface area contributed by atoms with Crippen molar-refractivity contribution < 1.29 is 104 Å². The normalized spacial score (nSPS) is 12.6. The van der Waals surface area contributed by atoms with Crippen LogP contribution in [0.15, 0.2) is 115 Å². The number of aryl methyl sites for hydroxylation is 2. The largest absolute Gasteiger partial charge is 1.00 e. The average Bonchev–Trinajstić information content (AvgIpc) is 3.05. The number of hydrogen-bond acceptors (Lipinski definition) is 14. The van der Waals surface area contributed by atoms with E-state index >= 15 is 0 Å². The van der Waals surface area contributed by atoms with Crippen LogP contribution in [-0.2, 0) is 39.4 Å². The molecule has 0 heterocycles. The summed E-state index contributed by atoms with van der Waals surface area (Å²) in [6, 6.07) is 16.7. The van der Waals surface area contributed by atoms with E-state index in [0.717, 1.165) is 38.1 Å². The van der Waals surface area contributed by atoms with Gasteiger partial charge < -0.3 is 19.7 Å². The quantitative estimate of drug-likeness (QED) is 0.0734. The molecule has 0 radical (unpaired) electrons. The molecule has 270 valence electrons. The molecule has 0 saturated heterocycles. The van der Waals surface area contributed by atoms with Crippen LogP contribution in [0.1, 0.15) is 25.0 Å². The van der Waals surface area contributed by atoms with Crippen molar-refractivity contribution in [3.63, 3.8) is 0 Å². The molecule has 16 nitrogen and oxygen atoms in total. The van der Waals surface area contributed by atoms with Crippen LogP contribution in [0.2, 0.25) is 0 Å². The maximum Gasteiger partial charge on any atom is 1.00 e. The van der Waals surface area contributed by atoms with Gasteiger partial charge in [-0.3, -0.25) is 19.2 Å². The Morgan fingerprint density at radius 3 is 1.17 bits per heavy atom. The molecule has 2 N–H and O–H groups in total. The molecule has 20 heteroatoms. The van der Waals surface area contributed by atoms with E-state index in [1.165, 1.54) is 13.8 Å². The number of Topliss-reactive ketones (excluding diaryl/α,β-unsaturated/α-hetero) is 2. The molecule has 0 aliphatic heterocycles. The summed E-state index contributed by atoms with van der Waals surface area (Å²) in [5.41, 5.74) is -0.517. The fourth-order valence-electron chi connectivity index (χ4n) is 4.75. The molecule has 0 aromatic heterocycles. The number of benzene rings is 4. The third-order valence-electron chi connectivity index (χ3n) is 7.34. The second kappa shape index (κ2) is 19.7. The first-order chi connectivity index (χ1) is 24.4. The van der Waals surface area contributed by atoms with Crippen molar-refractivity contribution in [3.05, 3.63) is 96.1 Å². The molecule has 0 saturated carbocycles. The number of carbonyl (C=O) groups excluding carboxylic acids is 4. The molecular formula is C34H30N6Na2O10S2. The zero-order valence-electron chi connectivity index (χ0n) is 29.9. The van der Waals surface area contributed by atoms with Crippen LogP contribution in [0.25, 0.3) is 11.1 Å². The number of rotatable bonds is 13. The van der Waals surface area contributed by atoms with E-state index < -0.39 is 76.6 Å². The van der Waals surface area contributed by atoms with Gasteiger partial charge in [-0.25, -0.2) is 16.8 Å². The van der Waals surface area contributed by atoms with Crippen LogP contribution in [0, 0.1) is 13.8 Å². The fourth-order valence-corrected chi connectivity index (χ4v) is 6.13. The number of carbonyl (C=O) groups is 4. The smallest absolute Gasteiger partial charge is 0.744 e. The van der Waals surface area contributed by atoms with Crippen molar-refractivity contribution in [2.75, 3.05) is 10.6 Å². The summed E-state index contributed by atoms with van der Waals surface area (Å²) in [6.07, 6.45) is 0. The molecule has 2 atom stereocenters. The average molecular weight is 793 g/mol. The molecule has 0 spiro atoms. The number of azo groups is 2. The van der Waals surface area contributed by atoms with Crippen molar-refractivity contribution >= 4 is 66.4 Å². The molecule has 0 aliphatic rings. The predicted octanol–water partition coefficient (Wildman–Crippen LogP) is -0.853. The van der Waals surface area contributed by atoms with Crippen LogP contribution >= 0.6 is 0 Å². The first-order valence-corrected chi connectivity index (χ1v) is 17.9. The van der Waals surface area contributed by atoms with Crippen molar-refractivity contribution in [1.29, 1.82) is 0 Å². The van der Waals surface area contributed by atoms with E-state index in [1.807, 2.05) is 0 Å². The van der Waals surface area contributed by atoms with Crippen LogP contribution < -0.4 is 69.7 Å². The Morgan fingerprint density at radius 2 is 0.889 bits per heavy atom. The van der Waals surface area contributed by atoms with E-state index in [4.69, 9.17) is 0 Å². The van der Waals surface area contributed by atoms with Gasteiger partial charge in [-0.15, -0.1) is 0 Å². The first kappa shape index (κ1) is 46.3. The molecule has 54 heavy (non-hydrogen) atoms. The van der Waals surface area contributed by atoms with E-state index in [2.05, 4.69) is 31.1 Å². The summed E-state index contributed by atoms with van der Waals surface area (Å²) in [7, 11) is -10.8. The maximum atomic E-state index is 12.8. The number of ketones is 2. The predicted molar refractivity (Wildman–Crippen MR) is 185 cm³/mol.